The number of rotatable bonds is 4. The van der Waals surface area contributed by atoms with Gasteiger partial charge >= 0.3 is 0 Å². The topological polar surface area (TPSA) is 40.7 Å². The van der Waals surface area contributed by atoms with Gasteiger partial charge in [0, 0.05) is 12.5 Å². The summed E-state index contributed by atoms with van der Waals surface area (Å²) in [6.45, 7) is 5.98. The van der Waals surface area contributed by atoms with Crippen LogP contribution in [0.2, 0.25) is 0 Å². The normalized spacial score (nSPS) is 13.2. The van der Waals surface area contributed by atoms with Gasteiger partial charge in [-0.25, -0.2) is 9.37 Å². The Balaban J connectivity index is 2.25. The molecule has 4 heteroatoms. The molecule has 1 aromatic carbocycles. The number of likely N-dealkylation sites (N-methyl/N-ethyl adjacent to an activating group) is 1. The van der Waals surface area contributed by atoms with Crippen molar-refractivity contribution in [1.29, 1.82) is 0 Å². The lowest BCUT2D eigenvalue weighted by Crippen LogP contribution is -2.19. The molecule has 3 nitrogen and oxygen atoms in total. The highest BCUT2D eigenvalue weighted by Crippen LogP contribution is 2.17. The van der Waals surface area contributed by atoms with Gasteiger partial charge in [0.25, 0.3) is 0 Å². The Labute approximate surface area is 94.1 Å². The van der Waals surface area contributed by atoms with Crippen molar-refractivity contribution in [1.82, 2.24) is 15.3 Å². The molecule has 1 unspecified atom stereocenters. The van der Waals surface area contributed by atoms with Crippen molar-refractivity contribution in [2.45, 2.75) is 19.8 Å². The first-order valence-corrected chi connectivity index (χ1v) is 5.56. The molecule has 1 atom stereocenters. The third-order valence-electron chi connectivity index (χ3n) is 2.63. The molecular formula is C12H16FN3. The van der Waals surface area contributed by atoms with Crippen molar-refractivity contribution in [2.75, 3.05) is 13.1 Å². The number of aromatic nitrogens is 2. The highest BCUT2D eigenvalue weighted by molar-refractivity contribution is 5.75. The Morgan fingerprint density at radius 2 is 2.31 bits per heavy atom. The molecule has 2 rings (SSSR count). The molecule has 0 saturated carbocycles. The van der Waals surface area contributed by atoms with E-state index in [-0.39, 0.29) is 5.82 Å². The van der Waals surface area contributed by atoms with Gasteiger partial charge < -0.3 is 10.3 Å². The Hall–Kier alpha value is -1.42. The van der Waals surface area contributed by atoms with Crippen LogP contribution in [-0.2, 0) is 0 Å². The lowest BCUT2D eigenvalue weighted by atomic mass is 10.2. The molecule has 0 bridgehead atoms. The lowest BCUT2D eigenvalue weighted by Gasteiger charge is -2.07. The molecule has 2 aromatic rings. The molecule has 86 valence electrons. The number of nitrogens with zero attached hydrogens (tertiary/aromatic N) is 1. The van der Waals surface area contributed by atoms with E-state index >= 15 is 0 Å². The zero-order valence-corrected chi connectivity index (χ0v) is 9.55. The number of nitrogens with one attached hydrogen (secondary N) is 2. The lowest BCUT2D eigenvalue weighted by molar-refractivity contribution is 0.614. The van der Waals surface area contributed by atoms with Gasteiger partial charge in [0.2, 0.25) is 0 Å². The number of aromatic amines is 1. The van der Waals surface area contributed by atoms with E-state index in [1.54, 1.807) is 6.07 Å². The smallest absolute Gasteiger partial charge is 0.125 e. The van der Waals surface area contributed by atoms with E-state index < -0.39 is 0 Å². The van der Waals surface area contributed by atoms with E-state index in [9.17, 15) is 4.39 Å². The average molecular weight is 221 g/mol. The molecule has 0 amide bonds. The summed E-state index contributed by atoms with van der Waals surface area (Å²) >= 11 is 0. The maximum Gasteiger partial charge on any atom is 0.125 e. The second-order valence-corrected chi connectivity index (χ2v) is 3.99. The quantitative estimate of drug-likeness (QED) is 0.832. The molecule has 0 aliphatic heterocycles. The predicted octanol–water partition coefficient (Wildman–Crippen LogP) is 2.42. The molecule has 0 spiro atoms. The van der Waals surface area contributed by atoms with Crippen molar-refractivity contribution < 1.29 is 4.39 Å². The van der Waals surface area contributed by atoms with Crippen LogP contribution in [0.25, 0.3) is 11.0 Å². The monoisotopic (exact) mass is 221 g/mol. The molecule has 1 aromatic heterocycles. The molecule has 0 aliphatic rings. The van der Waals surface area contributed by atoms with Gasteiger partial charge in [0.15, 0.2) is 0 Å². The SMILES string of the molecule is CCNCC(C)c1nc2ccc(F)cc2[nH]1. The van der Waals surface area contributed by atoms with E-state index in [0.29, 0.717) is 5.92 Å². The van der Waals surface area contributed by atoms with Crippen LogP contribution in [0, 0.1) is 5.82 Å². The number of benzene rings is 1. The molecule has 0 aliphatic carbocycles. The average Bonchev–Trinajstić information content (AvgIpc) is 2.68. The first-order chi connectivity index (χ1) is 7.70. The summed E-state index contributed by atoms with van der Waals surface area (Å²) in [5.74, 6) is 0.971. The van der Waals surface area contributed by atoms with Crippen molar-refractivity contribution in [3.63, 3.8) is 0 Å². The number of halogens is 1. The van der Waals surface area contributed by atoms with E-state index in [0.717, 1.165) is 29.9 Å². The zero-order valence-electron chi connectivity index (χ0n) is 9.55. The van der Waals surface area contributed by atoms with Crippen LogP contribution in [0.5, 0.6) is 0 Å². The van der Waals surface area contributed by atoms with Crippen LogP contribution in [0.15, 0.2) is 18.2 Å². The number of imidazole rings is 1. The predicted molar refractivity (Wildman–Crippen MR) is 63.0 cm³/mol. The molecule has 1 heterocycles. The third-order valence-corrected chi connectivity index (χ3v) is 2.63. The summed E-state index contributed by atoms with van der Waals surface area (Å²) in [6, 6.07) is 4.61. The third kappa shape index (κ3) is 2.22. The minimum absolute atomic E-state index is 0.234. The van der Waals surface area contributed by atoms with Gasteiger partial charge in [-0.2, -0.15) is 0 Å². The first kappa shape index (κ1) is 11.1. The molecule has 16 heavy (non-hydrogen) atoms. The van der Waals surface area contributed by atoms with Crippen LogP contribution in [-0.4, -0.2) is 23.1 Å². The number of fused-ring (bicyclic) bond motifs is 1. The van der Waals surface area contributed by atoms with E-state index in [2.05, 4.69) is 29.1 Å². The Morgan fingerprint density at radius 3 is 3.06 bits per heavy atom. The highest BCUT2D eigenvalue weighted by atomic mass is 19.1. The number of hydrogen-bond donors (Lipinski definition) is 2. The minimum Gasteiger partial charge on any atom is -0.342 e. The Kier molecular flexibility index (Phi) is 3.19. The van der Waals surface area contributed by atoms with Gasteiger partial charge in [0.05, 0.1) is 11.0 Å². The largest absolute Gasteiger partial charge is 0.342 e. The first-order valence-electron chi connectivity index (χ1n) is 5.56. The Bertz CT molecular complexity index is 478. The van der Waals surface area contributed by atoms with E-state index in [1.165, 1.54) is 12.1 Å². The molecule has 0 saturated heterocycles. The van der Waals surface area contributed by atoms with Crippen LogP contribution < -0.4 is 5.32 Å². The van der Waals surface area contributed by atoms with Gasteiger partial charge in [0.1, 0.15) is 11.6 Å². The van der Waals surface area contributed by atoms with E-state index in [1.807, 2.05) is 0 Å². The fourth-order valence-corrected chi connectivity index (χ4v) is 1.69. The van der Waals surface area contributed by atoms with Gasteiger partial charge in [-0.3, -0.25) is 0 Å². The number of hydrogen-bond acceptors (Lipinski definition) is 2. The van der Waals surface area contributed by atoms with Crippen molar-refractivity contribution in [3.8, 4) is 0 Å². The second kappa shape index (κ2) is 4.61. The minimum atomic E-state index is -0.234. The van der Waals surface area contributed by atoms with Crippen LogP contribution >= 0.6 is 0 Å². The van der Waals surface area contributed by atoms with Crippen molar-refractivity contribution >= 4 is 11.0 Å². The second-order valence-electron chi connectivity index (χ2n) is 3.99. The molecule has 0 fully saturated rings. The van der Waals surface area contributed by atoms with Crippen LogP contribution in [0.4, 0.5) is 4.39 Å². The maximum absolute atomic E-state index is 13.0. The van der Waals surface area contributed by atoms with Crippen molar-refractivity contribution in [2.24, 2.45) is 0 Å². The maximum atomic E-state index is 13.0. The summed E-state index contributed by atoms with van der Waals surface area (Å²) in [5.41, 5.74) is 1.58. The fourth-order valence-electron chi connectivity index (χ4n) is 1.69. The fraction of sp³-hybridized carbons (Fsp3) is 0.417. The summed E-state index contributed by atoms with van der Waals surface area (Å²) in [4.78, 5) is 7.60. The summed E-state index contributed by atoms with van der Waals surface area (Å²) < 4.78 is 13.0. The van der Waals surface area contributed by atoms with Gasteiger partial charge in [-0.1, -0.05) is 13.8 Å². The van der Waals surface area contributed by atoms with Gasteiger partial charge in [-0.05, 0) is 24.7 Å². The number of H-pyrrole nitrogens is 1. The standard InChI is InChI=1S/C12H16FN3/c1-3-14-7-8(2)12-15-10-5-4-9(13)6-11(10)16-12/h4-6,8,14H,3,7H2,1-2H3,(H,15,16). The zero-order chi connectivity index (χ0) is 11.5. The summed E-state index contributed by atoms with van der Waals surface area (Å²) in [6.07, 6.45) is 0. The van der Waals surface area contributed by atoms with Crippen LogP contribution in [0.3, 0.4) is 0 Å². The van der Waals surface area contributed by atoms with Gasteiger partial charge in [-0.15, -0.1) is 0 Å². The summed E-state index contributed by atoms with van der Waals surface area (Å²) in [5, 5.41) is 3.27. The summed E-state index contributed by atoms with van der Waals surface area (Å²) in [7, 11) is 0. The van der Waals surface area contributed by atoms with Crippen molar-refractivity contribution in [3.05, 3.63) is 29.8 Å². The Morgan fingerprint density at radius 1 is 1.50 bits per heavy atom. The molecule has 2 N–H and O–H groups in total. The highest BCUT2D eigenvalue weighted by Gasteiger charge is 2.10. The molecular weight excluding hydrogens is 205 g/mol. The van der Waals surface area contributed by atoms with E-state index in [4.69, 9.17) is 0 Å². The molecule has 0 radical (unpaired) electrons. The van der Waals surface area contributed by atoms with Crippen LogP contribution in [0.1, 0.15) is 25.6 Å².